The maximum atomic E-state index is 5.75. The number of anilines is 2. The second-order valence-corrected chi connectivity index (χ2v) is 4.27. The van der Waals surface area contributed by atoms with Crippen LogP contribution in [-0.2, 0) is 0 Å². The van der Waals surface area contributed by atoms with Gasteiger partial charge in [-0.2, -0.15) is 0 Å². The quantitative estimate of drug-likeness (QED) is 0.637. The van der Waals surface area contributed by atoms with E-state index in [2.05, 4.69) is 4.98 Å². The highest BCUT2D eigenvalue weighted by molar-refractivity contribution is 5.84. The number of hydrogen-bond donors (Lipinski definition) is 2. The van der Waals surface area contributed by atoms with Gasteiger partial charge in [0.25, 0.3) is 0 Å². The van der Waals surface area contributed by atoms with Crippen molar-refractivity contribution < 1.29 is 0 Å². The average molecular weight is 235 g/mol. The summed E-state index contributed by atoms with van der Waals surface area (Å²) in [6.45, 7) is 0. The molecule has 0 fully saturated rings. The predicted molar refractivity (Wildman–Crippen MR) is 76.0 cm³/mol. The molecule has 0 saturated heterocycles. The SMILES string of the molecule is Nc1ccc(-c2ccc3cc(N)ccc3n2)cc1. The number of rotatable bonds is 1. The standard InChI is InChI=1S/C15H13N3/c16-12-4-1-10(2-5-12)14-7-3-11-9-13(17)6-8-15(11)18-14/h1-9H,16-17H2. The Morgan fingerprint density at radius 2 is 1.44 bits per heavy atom. The van der Waals surface area contributed by atoms with Crippen LogP contribution in [0.15, 0.2) is 54.6 Å². The summed E-state index contributed by atoms with van der Waals surface area (Å²) in [6, 6.07) is 17.5. The van der Waals surface area contributed by atoms with E-state index in [1.807, 2.05) is 54.6 Å². The summed E-state index contributed by atoms with van der Waals surface area (Å²) in [5.41, 5.74) is 15.9. The van der Waals surface area contributed by atoms with E-state index in [4.69, 9.17) is 11.5 Å². The van der Waals surface area contributed by atoms with Gasteiger partial charge < -0.3 is 11.5 Å². The van der Waals surface area contributed by atoms with Gasteiger partial charge in [0.15, 0.2) is 0 Å². The van der Waals surface area contributed by atoms with Crippen LogP contribution in [0.1, 0.15) is 0 Å². The molecule has 0 radical (unpaired) electrons. The Labute approximate surface area is 105 Å². The van der Waals surface area contributed by atoms with Crippen molar-refractivity contribution in [1.29, 1.82) is 0 Å². The first kappa shape index (κ1) is 10.6. The lowest BCUT2D eigenvalue weighted by atomic mass is 10.1. The van der Waals surface area contributed by atoms with Crippen LogP contribution in [0, 0.1) is 0 Å². The topological polar surface area (TPSA) is 64.9 Å². The molecule has 2 aromatic carbocycles. The lowest BCUT2D eigenvalue weighted by Crippen LogP contribution is -1.89. The Morgan fingerprint density at radius 1 is 0.722 bits per heavy atom. The van der Waals surface area contributed by atoms with Gasteiger partial charge in [-0.3, -0.25) is 0 Å². The van der Waals surface area contributed by atoms with Crippen molar-refractivity contribution in [3.05, 3.63) is 54.6 Å². The zero-order valence-electron chi connectivity index (χ0n) is 9.80. The number of pyridine rings is 1. The molecule has 0 spiro atoms. The number of nitrogen functional groups attached to an aromatic ring is 2. The van der Waals surface area contributed by atoms with Crippen molar-refractivity contribution in [2.45, 2.75) is 0 Å². The van der Waals surface area contributed by atoms with Crippen molar-refractivity contribution in [3.63, 3.8) is 0 Å². The van der Waals surface area contributed by atoms with Crippen LogP contribution < -0.4 is 11.5 Å². The lowest BCUT2D eigenvalue weighted by Gasteiger charge is -2.04. The summed E-state index contributed by atoms with van der Waals surface area (Å²) in [5.74, 6) is 0. The molecule has 1 aromatic heterocycles. The third kappa shape index (κ3) is 1.86. The van der Waals surface area contributed by atoms with Crippen LogP contribution in [-0.4, -0.2) is 4.98 Å². The Hall–Kier alpha value is -2.55. The number of aromatic nitrogens is 1. The van der Waals surface area contributed by atoms with Crippen LogP contribution in [0.2, 0.25) is 0 Å². The fourth-order valence-corrected chi connectivity index (χ4v) is 1.96. The summed E-state index contributed by atoms with van der Waals surface area (Å²) in [5, 5.41) is 1.05. The maximum absolute atomic E-state index is 5.75. The molecule has 1 heterocycles. The molecule has 0 saturated carbocycles. The molecule has 0 unspecified atom stereocenters. The van der Waals surface area contributed by atoms with E-state index in [1.165, 1.54) is 0 Å². The second-order valence-electron chi connectivity index (χ2n) is 4.27. The normalized spacial score (nSPS) is 10.7. The Balaban J connectivity index is 2.13. The summed E-state index contributed by atoms with van der Waals surface area (Å²) < 4.78 is 0. The molecule has 4 N–H and O–H groups in total. The third-order valence-corrected chi connectivity index (χ3v) is 2.92. The average Bonchev–Trinajstić information content (AvgIpc) is 2.39. The minimum atomic E-state index is 0.754. The summed E-state index contributed by atoms with van der Waals surface area (Å²) in [7, 11) is 0. The van der Waals surface area contributed by atoms with Gasteiger partial charge in [0.2, 0.25) is 0 Å². The molecule has 0 atom stereocenters. The van der Waals surface area contributed by atoms with E-state index < -0.39 is 0 Å². The van der Waals surface area contributed by atoms with Gasteiger partial charge in [0.1, 0.15) is 0 Å². The monoisotopic (exact) mass is 235 g/mol. The molecule has 3 rings (SSSR count). The highest BCUT2D eigenvalue weighted by atomic mass is 14.7. The number of hydrogen-bond acceptors (Lipinski definition) is 3. The van der Waals surface area contributed by atoms with Crippen LogP contribution >= 0.6 is 0 Å². The molecule has 3 heteroatoms. The van der Waals surface area contributed by atoms with Crippen molar-refractivity contribution >= 4 is 22.3 Å². The maximum Gasteiger partial charge on any atom is 0.0711 e. The Bertz CT molecular complexity index is 703. The molecule has 0 aliphatic heterocycles. The van der Waals surface area contributed by atoms with Gasteiger partial charge in [-0.1, -0.05) is 18.2 Å². The van der Waals surface area contributed by atoms with Crippen molar-refractivity contribution in [2.24, 2.45) is 0 Å². The van der Waals surface area contributed by atoms with Crippen LogP contribution in [0.3, 0.4) is 0 Å². The Morgan fingerprint density at radius 3 is 2.22 bits per heavy atom. The highest BCUT2D eigenvalue weighted by Gasteiger charge is 2.01. The van der Waals surface area contributed by atoms with Gasteiger partial charge in [-0.15, -0.1) is 0 Å². The molecule has 18 heavy (non-hydrogen) atoms. The zero-order valence-corrected chi connectivity index (χ0v) is 9.80. The molecular formula is C15H13N3. The van der Waals surface area contributed by atoms with Crippen molar-refractivity contribution in [3.8, 4) is 11.3 Å². The van der Waals surface area contributed by atoms with Crippen LogP contribution in [0.5, 0.6) is 0 Å². The first-order valence-corrected chi connectivity index (χ1v) is 5.74. The summed E-state index contributed by atoms with van der Waals surface area (Å²) >= 11 is 0. The summed E-state index contributed by atoms with van der Waals surface area (Å²) in [6.07, 6.45) is 0. The molecule has 0 amide bonds. The first-order valence-electron chi connectivity index (χ1n) is 5.74. The first-order chi connectivity index (χ1) is 8.72. The number of fused-ring (bicyclic) bond motifs is 1. The Kier molecular flexibility index (Phi) is 2.38. The fourth-order valence-electron chi connectivity index (χ4n) is 1.96. The van der Waals surface area contributed by atoms with Gasteiger partial charge in [-0.05, 0) is 36.4 Å². The smallest absolute Gasteiger partial charge is 0.0711 e. The van der Waals surface area contributed by atoms with Gasteiger partial charge in [-0.25, -0.2) is 4.98 Å². The van der Waals surface area contributed by atoms with Crippen LogP contribution in [0.4, 0.5) is 11.4 Å². The number of nitrogens with zero attached hydrogens (tertiary/aromatic N) is 1. The van der Waals surface area contributed by atoms with Gasteiger partial charge >= 0.3 is 0 Å². The molecule has 0 aliphatic carbocycles. The van der Waals surface area contributed by atoms with Crippen molar-refractivity contribution in [2.75, 3.05) is 11.5 Å². The number of nitrogens with two attached hydrogens (primary N) is 2. The summed E-state index contributed by atoms with van der Waals surface area (Å²) in [4.78, 5) is 4.62. The molecule has 3 aromatic rings. The lowest BCUT2D eigenvalue weighted by molar-refractivity contribution is 1.40. The van der Waals surface area contributed by atoms with E-state index in [0.717, 1.165) is 33.5 Å². The molecule has 0 bridgehead atoms. The van der Waals surface area contributed by atoms with Crippen molar-refractivity contribution in [1.82, 2.24) is 4.98 Å². The van der Waals surface area contributed by atoms with Crippen LogP contribution in [0.25, 0.3) is 22.2 Å². The highest BCUT2D eigenvalue weighted by Crippen LogP contribution is 2.23. The van der Waals surface area contributed by atoms with E-state index >= 15 is 0 Å². The fraction of sp³-hybridized carbons (Fsp3) is 0. The predicted octanol–water partition coefficient (Wildman–Crippen LogP) is 3.07. The third-order valence-electron chi connectivity index (χ3n) is 2.92. The van der Waals surface area contributed by atoms with E-state index in [-0.39, 0.29) is 0 Å². The molecule has 0 aliphatic rings. The van der Waals surface area contributed by atoms with E-state index in [1.54, 1.807) is 0 Å². The zero-order chi connectivity index (χ0) is 12.5. The molecule has 88 valence electrons. The van der Waals surface area contributed by atoms with Gasteiger partial charge in [0.05, 0.1) is 11.2 Å². The minimum Gasteiger partial charge on any atom is -0.399 e. The second kappa shape index (κ2) is 4.04. The van der Waals surface area contributed by atoms with E-state index in [9.17, 15) is 0 Å². The van der Waals surface area contributed by atoms with E-state index in [0.29, 0.717) is 0 Å². The molecule has 3 nitrogen and oxygen atoms in total. The number of benzene rings is 2. The van der Waals surface area contributed by atoms with Gasteiger partial charge in [0, 0.05) is 22.3 Å². The molecular weight excluding hydrogens is 222 g/mol. The minimum absolute atomic E-state index is 0.754. The largest absolute Gasteiger partial charge is 0.399 e.